The average molecular weight is 224 g/mol. The highest BCUT2D eigenvalue weighted by atomic mass is 16.5. The van der Waals surface area contributed by atoms with Crippen LogP contribution in [0.5, 0.6) is 5.75 Å². The lowest BCUT2D eigenvalue weighted by Crippen LogP contribution is -2.39. The third kappa shape index (κ3) is 2.01. The molecule has 1 aliphatic carbocycles. The summed E-state index contributed by atoms with van der Waals surface area (Å²) in [4.78, 5) is 8.19. The van der Waals surface area contributed by atoms with E-state index in [2.05, 4.69) is 20.6 Å². The van der Waals surface area contributed by atoms with E-state index in [1.807, 2.05) is 0 Å². The molecule has 0 aromatic carbocycles. The van der Waals surface area contributed by atoms with Gasteiger partial charge in [0.1, 0.15) is 6.33 Å². The quantitative estimate of drug-likeness (QED) is 0.689. The van der Waals surface area contributed by atoms with Crippen LogP contribution in [-0.2, 0) is 0 Å². The van der Waals surface area contributed by atoms with E-state index in [9.17, 15) is 5.11 Å². The molecule has 1 fully saturated rings. The van der Waals surface area contributed by atoms with Gasteiger partial charge < -0.3 is 20.5 Å². The lowest BCUT2D eigenvalue weighted by atomic mass is 9.89. The summed E-state index contributed by atoms with van der Waals surface area (Å²) in [5, 5.41) is 15.4. The van der Waals surface area contributed by atoms with E-state index in [4.69, 9.17) is 4.74 Å². The Balaban J connectivity index is 2.13. The number of aliphatic hydroxyl groups is 1. The van der Waals surface area contributed by atoms with Crippen LogP contribution in [0.15, 0.2) is 6.33 Å². The number of methoxy groups -OCH3 is 1. The fraction of sp³-hybridized carbons (Fsp3) is 0.600. The summed E-state index contributed by atoms with van der Waals surface area (Å²) in [5.74, 6) is 1.92. The van der Waals surface area contributed by atoms with Gasteiger partial charge in [0, 0.05) is 13.1 Å². The summed E-state index contributed by atoms with van der Waals surface area (Å²) >= 11 is 0. The van der Waals surface area contributed by atoms with Crippen molar-refractivity contribution in [3.63, 3.8) is 0 Å². The maximum Gasteiger partial charge on any atom is 0.204 e. The first-order valence-corrected chi connectivity index (χ1v) is 5.26. The van der Waals surface area contributed by atoms with Crippen LogP contribution in [0.3, 0.4) is 0 Å². The Morgan fingerprint density at radius 1 is 1.38 bits per heavy atom. The number of ether oxygens (including phenoxy) is 1. The number of hydrogen-bond acceptors (Lipinski definition) is 6. The average Bonchev–Trinajstić information content (AvgIpc) is 2.26. The van der Waals surface area contributed by atoms with E-state index >= 15 is 0 Å². The fourth-order valence-corrected chi connectivity index (χ4v) is 1.75. The zero-order valence-electron chi connectivity index (χ0n) is 9.40. The molecule has 1 heterocycles. The van der Waals surface area contributed by atoms with Crippen LogP contribution in [0.1, 0.15) is 12.8 Å². The minimum absolute atomic E-state index is 0.186. The first-order valence-electron chi connectivity index (χ1n) is 5.26. The van der Waals surface area contributed by atoms with Gasteiger partial charge in [-0.25, -0.2) is 9.97 Å². The molecule has 0 saturated heterocycles. The van der Waals surface area contributed by atoms with Crippen molar-refractivity contribution in [1.29, 1.82) is 0 Å². The van der Waals surface area contributed by atoms with Crippen LogP contribution in [0.2, 0.25) is 0 Å². The molecule has 0 bridgehead atoms. The van der Waals surface area contributed by atoms with Gasteiger partial charge in [-0.3, -0.25) is 0 Å². The Morgan fingerprint density at radius 2 is 2.06 bits per heavy atom. The van der Waals surface area contributed by atoms with E-state index < -0.39 is 0 Å². The van der Waals surface area contributed by atoms with E-state index in [0.717, 1.165) is 12.8 Å². The van der Waals surface area contributed by atoms with Crippen molar-refractivity contribution in [2.75, 3.05) is 24.8 Å². The summed E-state index contributed by atoms with van der Waals surface area (Å²) < 4.78 is 5.25. The first kappa shape index (κ1) is 10.9. The van der Waals surface area contributed by atoms with Crippen molar-refractivity contribution in [1.82, 2.24) is 9.97 Å². The molecule has 16 heavy (non-hydrogen) atoms. The van der Waals surface area contributed by atoms with Crippen LogP contribution < -0.4 is 15.4 Å². The van der Waals surface area contributed by atoms with Gasteiger partial charge in [0.15, 0.2) is 11.6 Å². The number of nitrogens with zero attached hydrogens (tertiary/aromatic N) is 2. The second-order valence-electron chi connectivity index (χ2n) is 3.82. The lowest BCUT2D eigenvalue weighted by molar-refractivity contribution is 0.0834. The van der Waals surface area contributed by atoms with Gasteiger partial charge in [0.25, 0.3) is 0 Å². The maximum atomic E-state index is 9.21. The second kappa shape index (κ2) is 4.52. The fourth-order valence-electron chi connectivity index (χ4n) is 1.75. The van der Waals surface area contributed by atoms with Gasteiger partial charge in [-0.05, 0) is 12.8 Å². The molecule has 0 amide bonds. The molecular formula is C10H16N4O2. The van der Waals surface area contributed by atoms with Crippen LogP contribution in [0.4, 0.5) is 11.6 Å². The number of aliphatic hydroxyl groups excluding tert-OH is 1. The predicted octanol–water partition coefficient (Wildman–Crippen LogP) is 0.462. The smallest absolute Gasteiger partial charge is 0.204 e. The van der Waals surface area contributed by atoms with E-state index in [1.165, 1.54) is 6.33 Å². The Kier molecular flexibility index (Phi) is 3.09. The standard InChI is InChI=1S/C10H16N4O2/c1-11-9-8(16-2)10(13-5-12-9)14-6-3-7(15)4-6/h5-7,15H,3-4H2,1-2H3,(H2,11,12,13,14). The molecule has 1 saturated carbocycles. The third-order valence-electron chi connectivity index (χ3n) is 2.70. The third-order valence-corrected chi connectivity index (χ3v) is 2.70. The van der Waals surface area contributed by atoms with E-state index in [1.54, 1.807) is 14.2 Å². The number of rotatable bonds is 4. The maximum absolute atomic E-state index is 9.21. The monoisotopic (exact) mass is 224 g/mol. The van der Waals surface area contributed by atoms with Crippen molar-refractivity contribution in [3.8, 4) is 5.75 Å². The summed E-state index contributed by atoms with van der Waals surface area (Å²) in [6.07, 6.45) is 2.80. The minimum atomic E-state index is -0.186. The van der Waals surface area contributed by atoms with Crippen molar-refractivity contribution < 1.29 is 9.84 Å². The lowest BCUT2D eigenvalue weighted by Gasteiger charge is -2.32. The molecule has 0 radical (unpaired) electrons. The highest BCUT2D eigenvalue weighted by molar-refractivity contribution is 5.63. The van der Waals surface area contributed by atoms with Gasteiger partial charge in [0.2, 0.25) is 5.75 Å². The Morgan fingerprint density at radius 3 is 2.62 bits per heavy atom. The van der Waals surface area contributed by atoms with Crippen molar-refractivity contribution in [2.45, 2.75) is 25.0 Å². The van der Waals surface area contributed by atoms with Crippen LogP contribution >= 0.6 is 0 Å². The largest absolute Gasteiger partial charge is 0.490 e. The molecule has 1 aromatic rings. The van der Waals surface area contributed by atoms with Crippen LogP contribution in [0, 0.1) is 0 Å². The predicted molar refractivity (Wildman–Crippen MR) is 60.8 cm³/mol. The summed E-state index contributed by atoms with van der Waals surface area (Å²) in [6, 6.07) is 0.267. The molecule has 88 valence electrons. The number of nitrogens with one attached hydrogen (secondary N) is 2. The minimum Gasteiger partial charge on any atom is -0.490 e. The molecule has 3 N–H and O–H groups in total. The molecule has 1 aliphatic rings. The first-order chi connectivity index (χ1) is 7.74. The molecule has 0 unspecified atom stereocenters. The van der Waals surface area contributed by atoms with Gasteiger partial charge in [0.05, 0.1) is 13.2 Å². The SMILES string of the molecule is CNc1ncnc(NC2CC(O)C2)c1OC. The van der Waals surface area contributed by atoms with Crippen LogP contribution in [-0.4, -0.2) is 41.4 Å². The Bertz CT molecular complexity index is 366. The Hall–Kier alpha value is -1.56. The molecule has 0 aliphatic heterocycles. The highest BCUT2D eigenvalue weighted by Crippen LogP contribution is 2.32. The van der Waals surface area contributed by atoms with Gasteiger partial charge in [-0.2, -0.15) is 0 Å². The molecule has 2 rings (SSSR count). The summed E-state index contributed by atoms with van der Waals surface area (Å²) in [7, 11) is 3.36. The molecule has 6 nitrogen and oxygen atoms in total. The highest BCUT2D eigenvalue weighted by Gasteiger charge is 2.28. The topological polar surface area (TPSA) is 79.3 Å². The number of anilines is 2. The summed E-state index contributed by atoms with van der Waals surface area (Å²) in [5.41, 5.74) is 0. The molecule has 6 heteroatoms. The van der Waals surface area contributed by atoms with Gasteiger partial charge >= 0.3 is 0 Å². The summed E-state index contributed by atoms with van der Waals surface area (Å²) in [6.45, 7) is 0. The zero-order valence-corrected chi connectivity index (χ0v) is 9.40. The van der Waals surface area contributed by atoms with Crippen molar-refractivity contribution >= 4 is 11.6 Å². The van der Waals surface area contributed by atoms with Crippen molar-refractivity contribution in [3.05, 3.63) is 6.33 Å². The normalized spacial score (nSPS) is 23.4. The van der Waals surface area contributed by atoms with Crippen LogP contribution in [0.25, 0.3) is 0 Å². The van der Waals surface area contributed by atoms with Gasteiger partial charge in [-0.15, -0.1) is 0 Å². The molecular weight excluding hydrogens is 208 g/mol. The Labute approximate surface area is 94.1 Å². The molecule has 1 aromatic heterocycles. The number of hydrogen-bond donors (Lipinski definition) is 3. The zero-order chi connectivity index (χ0) is 11.5. The molecule has 0 atom stereocenters. The van der Waals surface area contributed by atoms with Crippen molar-refractivity contribution in [2.24, 2.45) is 0 Å². The van der Waals surface area contributed by atoms with Gasteiger partial charge in [-0.1, -0.05) is 0 Å². The van der Waals surface area contributed by atoms with E-state index in [0.29, 0.717) is 17.4 Å². The number of aromatic nitrogens is 2. The second-order valence-corrected chi connectivity index (χ2v) is 3.82. The molecule has 0 spiro atoms. The van der Waals surface area contributed by atoms with E-state index in [-0.39, 0.29) is 12.1 Å².